The van der Waals surface area contributed by atoms with E-state index in [4.69, 9.17) is 4.74 Å². The average Bonchev–Trinajstić information content (AvgIpc) is 2.51. The Bertz CT molecular complexity index is 611. The number of nitrogens with one attached hydrogen (secondary N) is 2. The molecule has 2 rings (SSSR count). The first kappa shape index (κ1) is 15.3. The predicted molar refractivity (Wildman–Crippen MR) is 85.5 cm³/mol. The zero-order chi connectivity index (χ0) is 15.1. The third kappa shape index (κ3) is 4.46. The number of carbonyl (C=O) groups is 1. The summed E-state index contributed by atoms with van der Waals surface area (Å²) in [6.45, 7) is 4.07. The second-order valence-electron chi connectivity index (χ2n) is 4.93. The molecule has 0 fully saturated rings. The van der Waals surface area contributed by atoms with Crippen molar-refractivity contribution < 1.29 is 9.53 Å². The van der Waals surface area contributed by atoms with Crippen molar-refractivity contribution in [2.24, 2.45) is 0 Å². The number of benzene rings is 2. The Balaban J connectivity index is 1.89. The summed E-state index contributed by atoms with van der Waals surface area (Å²) < 4.78 is 5.22. The van der Waals surface area contributed by atoms with Crippen molar-refractivity contribution in [2.75, 3.05) is 20.2 Å². The standard InChI is InChI=1S/C17H22N2O2/c1-3-19-17(20)8-9-18-12-13-4-5-15-11-16(21-2)7-6-14(15)10-13/h4-7,10-11,18H,3,8-9,12H2,1-2H3,(H,19,20). The molecule has 0 aliphatic carbocycles. The smallest absolute Gasteiger partial charge is 0.221 e. The van der Waals surface area contributed by atoms with E-state index in [0.717, 1.165) is 12.3 Å². The molecule has 2 aromatic rings. The van der Waals surface area contributed by atoms with E-state index in [0.29, 0.717) is 19.5 Å². The normalized spacial score (nSPS) is 10.6. The van der Waals surface area contributed by atoms with Gasteiger partial charge in [-0.1, -0.05) is 18.2 Å². The van der Waals surface area contributed by atoms with E-state index in [1.165, 1.54) is 16.3 Å². The first-order chi connectivity index (χ1) is 10.2. The quantitative estimate of drug-likeness (QED) is 0.769. The Morgan fingerprint density at radius 2 is 1.90 bits per heavy atom. The van der Waals surface area contributed by atoms with Gasteiger partial charge in [0.05, 0.1) is 7.11 Å². The van der Waals surface area contributed by atoms with Crippen LogP contribution in [0.2, 0.25) is 0 Å². The summed E-state index contributed by atoms with van der Waals surface area (Å²) >= 11 is 0. The van der Waals surface area contributed by atoms with Gasteiger partial charge in [0.15, 0.2) is 0 Å². The molecule has 0 saturated heterocycles. The molecule has 112 valence electrons. The van der Waals surface area contributed by atoms with E-state index < -0.39 is 0 Å². The van der Waals surface area contributed by atoms with Crippen LogP contribution in [0.3, 0.4) is 0 Å². The van der Waals surface area contributed by atoms with E-state index in [2.05, 4.69) is 34.9 Å². The topological polar surface area (TPSA) is 50.4 Å². The first-order valence-electron chi connectivity index (χ1n) is 7.27. The van der Waals surface area contributed by atoms with Crippen LogP contribution >= 0.6 is 0 Å². The van der Waals surface area contributed by atoms with Crippen LogP contribution in [-0.2, 0) is 11.3 Å². The second-order valence-corrected chi connectivity index (χ2v) is 4.93. The van der Waals surface area contributed by atoms with Crippen molar-refractivity contribution in [3.63, 3.8) is 0 Å². The summed E-state index contributed by atoms with van der Waals surface area (Å²) in [6, 6.07) is 12.4. The molecule has 0 aliphatic heterocycles. The van der Waals surface area contributed by atoms with Gasteiger partial charge in [0.1, 0.15) is 5.75 Å². The van der Waals surface area contributed by atoms with Gasteiger partial charge in [-0.25, -0.2) is 0 Å². The lowest BCUT2D eigenvalue weighted by Crippen LogP contribution is -2.27. The summed E-state index contributed by atoms with van der Waals surface area (Å²) in [5, 5.41) is 8.44. The largest absolute Gasteiger partial charge is 0.497 e. The van der Waals surface area contributed by atoms with Gasteiger partial charge in [0.25, 0.3) is 0 Å². The third-order valence-corrected chi connectivity index (χ3v) is 3.34. The van der Waals surface area contributed by atoms with Gasteiger partial charge in [-0.05, 0) is 41.5 Å². The number of amides is 1. The van der Waals surface area contributed by atoms with E-state index in [1.54, 1.807) is 7.11 Å². The van der Waals surface area contributed by atoms with E-state index in [9.17, 15) is 4.79 Å². The highest BCUT2D eigenvalue weighted by atomic mass is 16.5. The fourth-order valence-corrected chi connectivity index (χ4v) is 2.23. The lowest BCUT2D eigenvalue weighted by atomic mass is 10.1. The first-order valence-corrected chi connectivity index (χ1v) is 7.27. The Morgan fingerprint density at radius 1 is 1.14 bits per heavy atom. The highest BCUT2D eigenvalue weighted by molar-refractivity contribution is 5.84. The van der Waals surface area contributed by atoms with Crippen molar-refractivity contribution in [3.05, 3.63) is 42.0 Å². The Labute approximate surface area is 125 Å². The lowest BCUT2D eigenvalue weighted by molar-refractivity contribution is -0.120. The van der Waals surface area contributed by atoms with Gasteiger partial charge in [-0.2, -0.15) is 0 Å². The van der Waals surface area contributed by atoms with Crippen LogP contribution in [-0.4, -0.2) is 26.1 Å². The molecule has 21 heavy (non-hydrogen) atoms. The van der Waals surface area contributed by atoms with Crippen molar-refractivity contribution >= 4 is 16.7 Å². The number of rotatable bonds is 7. The van der Waals surface area contributed by atoms with E-state index in [-0.39, 0.29) is 5.91 Å². The zero-order valence-electron chi connectivity index (χ0n) is 12.6. The number of hydrogen-bond acceptors (Lipinski definition) is 3. The molecule has 0 aromatic heterocycles. The minimum absolute atomic E-state index is 0.0932. The summed E-state index contributed by atoms with van der Waals surface area (Å²) in [7, 11) is 1.67. The Kier molecular flexibility index (Phi) is 5.58. The maximum Gasteiger partial charge on any atom is 0.221 e. The molecule has 0 unspecified atom stereocenters. The van der Waals surface area contributed by atoms with Crippen molar-refractivity contribution in [2.45, 2.75) is 19.9 Å². The minimum atomic E-state index is 0.0932. The van der Waals surface area contributed by atoms with Crippen LogP contribution < -0.4 is 15.4 Å². The van der Waals surface area contributed by atoms with E-state index in [1.807, 2.05) is 19.1 Å². The molecule has 1 amide bonds. The molecular weight excluding hydrogens is 264 g/mol. The number of fused-ring (bicyclic) bond motifs is 1. The summed E-state index contributed by atoms with van der Waals surface area (Å²) in [6.07, 6.45) is 0.513. The van der Waals surface area contributed by atoms with Crippen LogP contribution in [0, 0.1) is 0 Å². The fourth-order valence-electron chi connectivity index (χ4n) is 2.23. The van der Waals surface area contributed by atoms with Crippen LogP contribution in [0.1, 0.15) is 18.9 Å². The van der Waals surface area contributed by atoms with Crippen molar-refractivity contribution in [3.8, 4) is 5.75 Å². The molecule has 0 bridgehead atoms. The monoisotopic (exact) mass is 286 g/mol. The number of hydrogen-bond donors (Lipinski definition) is 2. The molecule has 4 heteroatoms. The molecule has 2 aromatic carbocycles. The van der Waals surface area contributed by atoms with Crippen molar-refractivity contribution in [1.82, 2.24) is 10.6 Å². The van der Waals surface area contributed by atoms with Gasteiger partial charge in [0.2, 0.25) is 5.91 Å². The zero-order valence-corrected chi connectivity index (χ0v) is 12.6. The molecule has 0 aliphatic rings. The number of methoxy groups -OCH3 is 1. The summed E-state index contributed by atoms with van der Waals surface area (Å²) in [4.78, 5) is 11.3. The molecule has 0 radical (unpaired) electrons. The minimum Gasteiger partial charge on any atom is -0.497 e. The molecule has 0 heterocycles. The second kappa shape index (κ2) is 7.64. The number of carbonyl (C=O) groups excluding carboxylic acids is 1. The third-order valence-electron chi connectivity index (χ3n) is 3.34. The molecule has 0 atom stereocenters. The fraction of sp³-hybridized carbons (Fsp3) is 0.353. The molecular formula is C17H22N2O2. The van der Waals surface area contributed by atoms with Crippen LogP contribution in [0.15, 0.2) is 36.4 Å². The average molecular weight is 286 g/mol. The van der Waals surface area contributed by atoms with Crippen LogP contribution in [0.25, 0.3) is 10.8 Å². The van der Waals surface area contributed by atoms with Gasteiger partial charge >= 0.3 is 0 Å². The molecule has 0 spiro atoms. The highest BCUT2D eigenvalue weighted by Gasteiger charge is 2.01. The lowest BCUT2D eigenvalue weighted by Gasteiger charge is -2.07. The van der Waals surface area contributed by atoms with Crippen LogP contribution in [0.4, 0.5) is 0 Å². The predicted octanol–water partition coefficient (Wildman–Crippen LogP) is 2.46. The SMILES string of the molecule is CCNC(=O)CCNCc1ccc2cc(OC)ccc2c1. The van der Waals surface area contributed by atoms with E-state index >= 15 is 0 Å². The van der Waals surface area contributed by atoms with Gasteiger partial charge in [-0.3, -0.25) is 4.79 Å². The molecule has 4 nitrogen and oxygen atoms in total. The maximum atomic E-state index is 11.3. The molecule has 2 N–H and O–H groups in total. The Morgan fingerprint density at radius 3 is 2.67 bits per heavy atom. The van der Waals surface area contributed by atoms with Gasteiger partial charge < -0.3 is 15.4 Å². The molecule has 0 saturated carbocycles. The Hall–Kier alpha value is -2.07. The number of ether oxygens (including phenoxy) is 1. The van der Waals surface area contributed by atoms with Crippen LogP contribution in [0.5, 0.6) is 5.75 Å². The summed E-state index contributed by atoms with van der Waals surface area (Å²) in [5.41, 5.74) is 1.21. The maximum absolute atomic E-state index is 11.3. The highest BCUT2D eigenvalue weighted by Crippen LogP contribution is 2.21. The summed E-state index contributed by atoms with van der Waals surface area (Å²) in [5.74, 6) is 0.964. The van der Waals surface area contributed by atoms with Crippen molar-refractivity contribution in [1.29, 1.82) is 0 Å². The van der Waals surface area contributed by atoms with Gasteiger partial charge in [0, 0.05) is 26.1 Å². The van der Waals surface area contributed by atoms with Gasteiger partial charge in [-0.15, -0.1) is 0 Å².